The average molecular weight is 284 g/mol. The zero-order chi connectivity index (χ0) is 14.7. The molecule has 20 heavy (non-hydrogen) atoms. The van der Waals surface area contributed by atoms with E-state index >= 15 is 0 Å². The van der Waals surface area contributed by atoms with Crippen molar-refractivity contribution in [3.63, 3.8) is 0 Å². The maximum Gasteiger partial charge on any atom is 0.305 e. The lowest BCUT2D eigenvalue weighted by Gasteiger charge is -2.04. The maximum absolute atomic E-state index is 13.5. The van der Waals surface area contributed by atoms with Gasteiger partial charge in [-0.25, -0.2) is 4.39 Å². The summed E-state index contributed by atoms with van der Waals surface area (Å²) in [5.74, 6) is -1.29. The van der Waals surface area contributed by atoms with Crippen molar-refractivity contribution in [3.8, 4) is 0 Å². The molecule has 0 spiro atoms. The SMILES string of the molecule is Cc1nc(CNCc2cc([N+](=O)[O-])c(F)cc2F)no1. The fourth-order valence-corrected chi connectivity index (χ4v) is 1.58. The Bertz CT molecular complexity index is 645. The first-order valence-corrected chi connectivity index (χ1v) is 5.59. The average Bonchev–Trinajstić information content (AvgIpc) is 2.77. The minimum absolute atomic E-state index is 0.0154. The van der Waals surface area contributed by atoms with Crippen molar-refractivity contribution in [2.75, 3.05) is 0 Å². The van der Waals surface area contributed by atoms with Crippen LogP contribution in [0.5, 0.6) is 0 Å². The summed E-state index contributed by atoms with van der Waals surface area (Å²) in [5.41, 5.74) is -0.781. The number of halogens is 2. The van der Waals surface area contributed by atoms with Crippen LogP contribution in [-0.4, -0.2) is 15.1 Å². The minimum atomic E-state index is -1.20. The van der Waals surface area contributed by atoms with E-state index in [2.05, 4.69) is 15.5 Å². The second-order valence-corrected chi connectivity index (χ2v) is 3.99. The van der Waals surface area contributed by atoms with Crippen LogP contribution in [0.25, 0.3) is 0 Å². The van der Waals surface area contributed by atoms with Crippen LogP contribution in [0.15, 0.2) is 16.7 Å². The van der Waals surface area contributed by atoms with Gasteiger partial charge >= 0.3 is 5.69 Å². The van der Waals surface area contributed by atoms with Gasteiger partial charge < -0.3 is 9.84 Å². The molecule has 1 aromatic carbocycles. The molecule has 0 radical (unpaired) electrons. The molecule has 1 N–H and O–H groups in total. The third-order valence-corrected chi connectivity index (χ3v) is 2.48. The van der Waals surface area contributed by atoms with Crippen molar-refractivity contribution >= 4 is 5.69 Å². The van der Waals surface area contributed by atoms with E-state index < -0.39 is 22.2 Å². The summed E-state index contributed by atoms with van der Waals surface area (Å²) < 4.78 is 31.4. The maximum atomic E-state index is 13.5. The molecule has 0 amide bonds. The van der Waals surface area contributed by atoms with Crippen molar-refractivity contribution < 1.29 is 18.2 Å². The first-order valence-electron chi connectivity index (χ1n) is 5.59. The molecular weight excluding hydrogens is 274 g/mol. The zero-order valence-electron chi connectivity index (χ0n) is 10.4. The summed E-state index contributed by atoms with van der Waals surface area (Å²) in [5, 5.41) is 17.0. The van der Waals surface area contributed by atoms with Gasteiger partial charge in [-0.1, -0.05) is 5.16 Å². The van der Waals surface area contributed by atoms with Gasteiger partial charge in [0.05, 0.1) is 11.5 Å². The molecule has 0 aliphatic rings. The van der Waals surface area contributed by atoms with Crippen LogP contribution in [0.3, 0.4) is 0 Å². The standard InChI is InChI=1S/C11H10F2N4O3/c1-6-15-11(16-20-6)5-14-4-7-2-10(17(18)19)9(13)3-8(7)12/h2-3,14H,4-5H2,1H3. The van der Waals surface area contributed by atoms with Gasteiger partial charge in [0.1, 0.15) is 5.82 Å². The van der Waals surface area contributed by atoms with E-state index in [1.165, 1.54) is 0 Å². The summed E-state index contributed by atoms with van der Waals surface area (Å²) in [7, 11) is 0. The number of nitro groups is 1. The Morgan fingerprint density at radius 1 is 1.35 bits per heavy atom. The predicted molar refractivity (Wildman–Crippen MR) is 62.6 cm³/mol. The molecule has 0 fully saturated rings. The Labute approximate surface area is 111 Å². The summed E-state index contributed by atoms with van der Waals surface area (Å²) in [6.45, 7) is 1.79. The lowest BCUT2D eigenvalue weighted by Crippen LogP contribution is -2.15. The number of hydrogen-bond donors (Lipinski definition) is 1. The van der Waals surface area contributed by atoms with Crippen LogP contribution in [0.2, 0.25) is 0 Å². The molecule has 7 nitrogen and oxygen atoms in total. The number of aryl methyl sites for hydroxylation is 1. The Morgan fingerprint density at radius 2 is 2.10 bits per heavy atom. The first-order chi connectivity index (χ1) is 9.47. The van der Waals surface area contributed by atoms with Crippen molar-refractivity contribution in [1.29, 1.82) is 0 Å². The predicted octanol–water partition coefficient (Wildman–Crippen LogP) is 1.85. The van der Waals surface area contributed by atoms with Gasteiger partial charge in [-0.3, -0.25) is 10.1 Å². The highest BCUT2D eigenvalue weighted by Gasteiger charge is 2.18. The van der Waals surface area contributed by atoms with Crippen LogP contribution in [0.4, 0.5) is 14.5 Å². The summed E-state index contributed by atoms with van der Waals surface area (Å²) in [4.78, 5) is 13.6. The summed E-state index contributed by atoms with van der Waals surface area (Å²) in [6, 6.07) is 1.35. The van der Waals surface area contributed by atoms with Gasteiger partial charge in [0, 0.05) is 31.2 Å². The number of nitrogens with one attached hydrogen (secondary N) is 1. The number of rotatable bonds is 5. The summed E-state index contributed by atoms with van der Waals surface area (Å²) in [6.07, 6.45) is 0. The van der Waals surface area contributed by atoms with E-state index in [4.69, 9.17) is 4.52 Å². The summed E-state index contributed by atoms with van der Waals surface area (Å²) >= 11 is 0. The molecule has 0 saturated heterocycles. The Kier molecular flexibility index (Phi) is 3.99. The molecule has 2 aromatic rings. The van der Waals surface area contributed by atoms with Crippen molar-refractivity contribution in [2.45, 2.75) is 20.0 Å². The van der Waals surface area contributed by atoms with Crippen LogP contribution in [-0.2, 0) is 13.1 Å². The van der Waals surface area contributed by atoms with Crippen LogP contribution >= 0.6 is 0 Å². The number of nitrogens with zero attached hydrogens (tertiary/aromatic N) is 3. The molecule has 106 valence electrons. The molecular formula is C11H10F2N4O3. The van der Waals surface area contributed by atoms with Gasteiger partial charge in [0.25, 0.3) is 0 Å². The van der Waals surface area contributed by atoms with Crippen LogP contribution in [0.1, 0.15) is 17.3 Å². The Morgan fingerprint density at radius 3 is 2.70 bits per heavy atom. The number of benzene rings is 1. The van der Waals surface area contributed by atoms with E-state index in [0.29, 0.717) is 17.8 Å². The van der Waals surface area contributed by atoms with Crippen LogP contribution < -0.4 is 5.32 Å². The van der Waals surface area contributed by atoms with Crippen molar-refractivity contribution in [1.82, 2.24) is 15.5 Å². The highest BCUT2D eigenvalue weighted by molar-refractivity contribution is 5.37. The normalized spacial score (nSPS) is 10.8. The van der Waals surface area contributed by atoms with E-state index in [9.17, 15) is 18.9 Å². The second kappa shape index (κ2) is 5.70. The van der Waals surface area contributed by atoms with E-state index in [0.717, 1.165) is 6.07 Å². The molecule has 1 aromatic heterocycles. The fraction of sp³-hybridized carbons (Fsp3) is 0.273. The topological polar surface area (TPSA) is 94.1 Å². The molecule has 0 bridgehead atoms. The lowest BCUT2D eigenvalue weighted by atomic mass is 10.2. The lowest BCUT2D eigenvalue weighted by molar-refractivity contribution is -0.387. The quantitative estimate of drug-likeness (QED) is 0.665. The third-order valence-electron chi connectivity index (χ3n) is 2.48. The monoisotopic (exact) mass is 284 g/mol. The Balaban J connectivity index is 2.05. The van der Waals surface area contributed by atoms with E-state index in [1.54, 1.807) is 6.92 Å². The number of hydrogen-bond acceptors (Lipinski definition) is 6. The largest absolute Gasteiger partial charge is 0.340 e. The van der Waals surface area contributed by atoms with E-state index in [-0.39, 0.29) is 18.7 Å². The second-order valence-electron chi connectivity index (χ2n) is 3.99. The molecule has 0 aliphatic carbocycles. The van der Waals surface area contributed by atoms with Gasteiger partial charge in [0.15, 0.2) is 5.82 Å². The molecule has 0 unspecified atom stereocenters. The first kappa shape index (κ1) is 14.0. The minimum Gasteiger partial charge on any atom is -0.340 e. The van der Waals surface area contributed by atoms with Crippen molar-refractivity contribution in [2.24, 2.45) is 0 Å². The van der Waals surface area contributed by atoms with Gasteiger partial charge in [-0.15, -0.1) is 0 Å². The molecule has 9 heteroatoms. The van der Waals surface area contributed by atoms with Gasteiger partial charge in [-0.2, -0.15) is 9.37 Å². The highest BCUT2D eigenvalue weighted by Crippen LogP contribution is 2.21. The van der Waals surface area contributed by atoms with Gasteiger partial charge in [0.2, 0.25) is 11.7 Å². The molecule has 0 atom stereocenters. The van der Waals surface area contributed by atoms with Crippen molar-refractivity contribution in [3.05, 3.63) is 51.2 Å². The number of aromatic nitrogens is 2. The van der Waals surface area contributed by atoms with Gasteiger partial charge in [-0.05, 0) is 0 Å². The molecule has 1 heterocycles. The molecule has 0 saturated carbocycles. The van der Waals surface area contributed by atoms with Crippen LogP contribution in [0, 0.1) is 28.7 Å². The smallest absolute Gasteiger partial charge is 0.305 e. The zero-order valence-corrected chi connectivity index (χ0v) is 10.4. The van der Waals surface area contributed by atoms with E-state index in [1.807, 2.05) is 0 Å². The molecule has 0 aliphatic heterocycles. The Hall–Kier alpha value is -2.42. The third kappa shape index (κ3) is 3.12. The highest BCUT2D eigenvalue weighted by atomic mass is 19.1. The fourth-order valence-electron chi connectivity index (χ4n) is 1.58. The number of nitro benzene ring substituents is 1. The molecule has 2 rings (SSSR count).